The Morgan fingerprint density at radius 3 is 2.93 bits per heavy atom. The zero-order valence-corrected chi connectivity index (χ0v) is 8.95. The van der Waals surface area contributed by atoms with Gasteiger partial charge in [-0.1, -0.05) is 23.8 Å². The van der Waals surface area contributed by atoms with E-state index in [1.165, 1.54) is 5.57 Å². The summed E-state index contributed by atoms with van der Waals surface area (Å²) in [4.78, 5) is 2.27. The molecule has 0 amide bonds. The van der Waals surface area contributed by atoms with E-state index in [0.29, 0.717) is 6.61 Å². The van der Waals surface area contributed by atoms with Gasteiger partial charge >= 0.3 is 0 Å². The van der Waals surface area contributed by atoms with E-state index in [-0.39, 0.29) is 0 Å². The third-order valence-electron chi connectivity index (χ3n) is 2.44. The molecule has 2 nitrogen and oxygen atoms in total. The van der Waals surface area contributed by atoms with Gasteiger partial charge in [0.05, 0.1) is 0 Å². The lowest BCUT2D eigenvalue weighted by Gasteiger charge is -2.16. The first-order valence-electron chi connectivity index (χ1n) is 5.31. The second-order valence-corrected chi connectivity index (χ2v) is 3.74. The first-order valence-corrected chi connectivity index (χ1v) is 5.31. The molecule has 0 bridgehead atoms. The number of rotatable bonds is 6. The molecule has 0 unspecified atom stereocenters. The summed E-state index contributed by atoms with van der Waals surface area (Å²) in [5, 5.41) is 8.68. The molecule has 0 atom stereocenters. The summed E-state index contributed by atoms with van der Waals surface area (Å²) in [5.41, 5.74) is 1.43. The van der Waals surface area contributed by atoms with Crippen molar-refractivity contribution < 1.29 is 5.11 Å². The Kier molecular flexibility index (Phi) is 5.57. The van der Waals surface area contributed by atoms with Gasteiger partial charge in [-0.3, -0.25) is 0 Å². The van der Waals surface area contributed by atoms with Gasteiger partial charge in [-0.2, -0.15) is 0 Å². The lowest BCUT2D eigenvalue weighted by molar-refractivity contribution is 0.248. The van der Waals surface area contributed by atoms with Crippen molar-refractivity contribution in [1.29, 1.82) is 0 Å². The van der Waals surface area contributed by atoms with Crippen molar-refractivity contribution in [2.75, 3.05) is 26.7 Å². The molecular formula is C12H20NO. The molecule has 1 rings (SSSR count). The first kappa shape index (κ1) is 11.5. The Hall–Kier alpha value is -0.600. The van der Waals surface area contributed by atoms with Crippen LogP contribution >= 0.6 is 0 Å². The van der Waals surface area contributed by atoms with Gasteiger partial charge in [0.2, 0.25) is 0 Å². The number of aliphatic hydroxyl groups is 1. The van der Waals surface area contributed by atoms with Crippen LogP contribution in [-0.2, 0) is 0 Å². The monoisotopic (exact) mass is 194 g/mol. The van der Waals surface area contributed by atoms with Crippen LogP contribution in [0.3, 0.4) is 0 Å². The lowest BCUT2D eigenvalue weighted by atomic mass is 10.0. The van der Waals surface area contributed by atoms with Crippen LogP contribution in [0.25, 0.3) is 0 Å². The number of aliphatic hydroxyl groups excluding tert-OH is 1. The van der Waals surface area contributed by atoms with Crippen LogP contribution in [0.5, 0.6) is 0 Å². The Morgan fingerprint density at radius 2 is 2.29 bits per heavy atom. The molecule has 0 aromatic rings. The second kappa shape index (κ2) is 6.80. The van der Waals surface area contributed by atoms with Crippen LogP contribution in [0, 0.1) is 6.42 Å². The molecule has 1 aliphatic rings. The topological polar surface area (TPSA) is 23.5 Å². The lowest BCUT2D eigenvalue weighted by Crippen LogP contribution is -2.22. The van der Waals surface area contributed by atoms with Crippen LogP contribution in [-0.4, -0.2) is 36.8 Å². The summed E-state index contributed by atoms with van der Waals surface area (Å²) in [7, 11) is 2.11. The molecule has 1 N–H and O–H groups in total. The van der Waals surface area contributed by atoms with E-state index in [4.69, 9.17) is 5.11 Å². The van der Waals surface area contributed by atoms with Gasteiger partial charge in [0.15, 0.2) is 0 Å². The van der Waals surface area contributed by atoms with Gasteiger partial charge < -0.3 is 10.0 Å². The molecule has 0 saturated heterocycles. The largest absolute Gasteiger partial charge is 0.396 e. The predicted octanol–water partition coefficient (Wildman–Crippen LogP) is 1.78. The van der Waals surface area contributed by atoms with E-state index in [2.05, 4.69) is 36.6 Å². The summed E-state index contributed by atoms with van der Waals surface area (Å²) in [5.74, 6) is 0. The fraction of sp³-hybridized carbons (Fsp3) is 0.583. The van der Waals surface area contributed by atoms with Crippen LogP contribution < -0.4 is 0 Å². The highest BCUT2D eigenvalue weighted by Crippen LogP contribution is 2.12. The third kappa shape index (κ3) is 4.58. The van der Waals surface area contributed by atoms with Gasteiger partial charge in [0.25, 0.3) is 0 Å². The average Bonchev–Trinajstić information content (AvgIpc) is 2.25. The minimum absolute atomic E-state index is 0.294. The predicted molar refractivity (Wildman–Crippen MR) is 60.0 cm³/mol. The Bertz CT molecular complexity index is 208. The number of hydrogen-bond acceptors (Lipinski definition) is 2. The highest BCUT2D eigenvalue weighted by Gasteiger charge is 2.01. The first-order chi connectivity index (χ1) is 6.83. The molecule has 0 heterocycles. The molecule has 0 aliphatic heterocycles. The summed E-state index contributed by atoms with van der Waals surface area (Å²) in [6.45, 7) is 2.36. The van der Waals surface area contributed by atoms with Gasteiger partial charge in [-0.05, 0) is 32.7 Å². The molecule has 0 saturated carbocycles. The SMILES string of the molecule is CN(CCCO)CCC1=CC[CH]C=C1. The average molecular weight is 194 g/mol. The highest BCUT2D eigenvalue weighted by molar-refractivity contribution is 5.26. The zero-order chi connectivity index (χ0) is 10.2. The van der Waals surface area contributed by atoms with E-state index in [1.54, 1.807) is 0 Å². The fourth-order valence-electron chi connectivity index (χ4n) is 1.52. The van der Waals surface area contributed by atoms with Crippen LogP contribution in [0.2, 0.25) is 0 Å². The quantitative estimate of drug-likeness (QED) is 0.696. The van der Waals surface area contributed by atoms with Gasteiger partial charge in [-0.25, -0.2) is 0 Å². The molecule has 1 aliphatic carbocycles. The maximum Gasteiger partial charge on any atom is 0.0443 e. The Labute approximate surface area is 86.9 Å². The fourth-order valence-corrected chi connectivity index (χ4v) is 1.52. The van der Waals surface area contributed by atoms with Crippen molar-refractivity contribution in [3.8, 4) is 0 Å². The summed E-state index contributed by atoms with van der Waals surface area (Å²) in [6.07, 6.45) is 11.8. The standard InChI is InChI=1S/C12H20NO/c1-13(9-5-11-14)10-8-12-6-3-2-4-7-12/h2-3,6-7,14H,4-5,8-11H2,1H3. The summed E-state index contributed by atoms with van der Waals surface area (Å²) >= 11 is 0. The molecule has 14 heavy (non-hydrogen) atoms. The maximum atomic E-state index is 8.68. The van der Waals surface area contributed by atoms with E-state index in [1.807, 2.05) is 0 Å². The van der Waals surface area contributed by atoms with Crippen molar-refractivity contribution in [1.82, 2.24) is 4.90 Å². The molecule has 0 aromatic heterocycles. The number of hydrogen-bond donors (Lipinski definition) is 1. The molecule has 2 heteroatoms. The minimum Gasteiger partial charge on any atom is -0.396 e. The van der Waals surface area contributed by atoms with Crippen LogP contribution in [0.4, 0.5) is 0 Å². The van der Waals surface area contributed by atoms with Crippen LogP contribution in [0.15, 0.2) is 23.8 Å². The number of allylic oxidation sites excluding steroid dienone is 3. The normalized spacial score (nSPS) is 16.1. The third-order valence-corrected chi connectivity index (χ3v) is 2.44. The van der Waals surface area contributed by atoms with Crippen molar-refractivity contribution in [2.24, 2.45) is 0 Å². The van der Waals surface area contributed by atoms with Crippen molar-refractivity contribution >= 4 is 0 Å². The second-order valence-electron chi connectivity index (χ2n) is 3.74. The molecule has 1 radical (unpaired) electrons. The van der Waals surface area contributed by atoms with Gasteiger partial charge in [0.1, 0.15) is 0 Å². The molecule has 0 fully saturated rings. The highest BCUT2D eigenvalue weighted by atomic mass is 16.3. The molecule has 79 valence electrons. The molecule has 0 spiro atoms. The smallest absolute Gasteiger partial charge is 0.0443 e. The van der Waals surface area contributed by atoms with Gasteiger partial charge in [-0.15, -0.1) is 0 Å². The zero-order valence-electron chi connectivity index (χ0n) is 8.95. The summed E-state index contributed by atoms with van der Waals surface area (Å²) < 4.78 is 0. The Morgan fingerprint density at radius 1 is 1.43 bits per heavy atom. The maximum absolute atomic E-state index is 8.68. The van der Waals surface area contributed by atoms with Crippen molar-refractivity contribution in [3.63, 3.8) is 0 Å². The minimum atomic E-state index is 0.294. The van der Waals surface area contributed by atoms with Crippen LogP contribution in [0.1, 0.15) is 19.3 Å². The van der Waals surface area contributed by atoms with Gasteiger partial charge in [0, 0.05) is 19.7 Å². The Balaban J connectivity index is 2.13. The van der Waals surface area contributed by atoms with E-state index in [9.17, 15) is 0 Å². The molecule has 0 aromatic carbocycles. The summed E-state index contributed by atoms with van der Waals surface area (Å²) in [6, 6.07) is 0. The van der Waals surface area contributed by atoms with E-state index < -0.39 is 0 Å². The van der Waals surface area contributed by atoms with E-state index >= 15 is 0 Å². The van der Waals surface area contributed by atoms with E-state index in [0.717, 1.165) is 32.4 Å². The van der Waals surface area contributed by atoms with Crippen molar-refractivity contribution in [3.05, 3.63) is 30.2 Å². The molecular weight excluding hydrogens is 174 g/mol. The van der Waals surface area contributed by atoms with Crippen molar-refractivity contribution in [2.45, 2.75) is 19.3 Å². The number of nitrogens with zero attached hydrogens (tertiary/aromatic N) is 1.